The number of methoxy groups -OCH3 is 1. The molecule has 2 aromatic rings. The minimum absolute atomic E-state index is 0.0526. The molecule has 1 aromatic heterocycles. The normalized spacial score (nSPS) is 14.3. The predicted molar refractivity (Wildman–Crippen MR) is 104 cm³/mol. The first kappa shape index (κ1) is 18.7. The van der Waals surface area contributed by atoms with Crippen molar-refractivity contribution in [1.82, 2.24) is 10.3 Å². The molecule has 0 bridgehead atoms. The number of ether oxygens (including phenoxy) is 2. The zero-order valence-electron chi connectivity index (χ0n) is 15.3. The number of carbonyl (C=O) groups is 1. The largest absolute Gasteiger partial charge is 0.495 e. The number of nitrogens with zero attached hydrogens (tertiary/aromatic N) is 2. The fraction of sp³-hybridized carbons (Fsp3) is 0.474. The van der Waals surface area contributed by atoms with Gasteiger partial charge in [0.1, 0.15) is 5.75 Å². The van der Waals surface area contributed by atoms with E-state index in [1.54, 1.807) is 18.4 Å². The van der Waals surface area contributed by atoms with Gasteiger partial charge in [0, 0.05) is 30.1 Å². The van der Waals surface area contributed by atoms with Crippen LogP contribution in [-0.4, -0.2) is 50.8 Å². The van der Waals surface area contributed by atoms with Crippen molar-refractivity contribution in [2.24, 2.45) is 0 Å². The van der Waals surface area contributed by atoms with Crippen molar-refractivity contribution in [3.63, 3.8) is 0 Å². The minimum Gasteiger partial charge on any atom is -0.495 e. The Labute approximate surface area is 158 Å². The molecule has 6 nitrogen and oxygen atoms in total. The number of aromatic nitrogens is 1. The number of hydrogen-bond donors (Lipinski definition) is 1. The molecule has 140 valence electrons. The second-order valence-corrected chi connectivity index (χ2v) is 7.15. The number of benzene rings is 1. The highest BCUT2D eigenvalue weighted by molar-refractivity contribution is 7.09. The standard InChI is InChI=1S/C19H25N3O3S/c1-14-18(26-13-21-14)4-3-7-20-19(23)15-5-6-17(24-2)16(12-15)22-8-10-25-11-9-22/h5-6,12-13H,3-4,7-11H2,1-2H3,(H,20,23). The van der Waals surface area contributed by atoms with Crippen LogP contribution in [0.4, 0.5) is 5.69 Å². The first-order chi connectivity index (χ1) is 12.7. The van der Waals surface area contributed by atoms with Gasteiger partial charge in [0.2, 0.25) is 0 Å². The molecule has 0 spiro atoms. The lowest BCUT2D eigenvalue weighted by Gasteiger charge is -2.30. The molecular weight excluding hydrogens is 350 g/mol. The average molecular weight is 375 g/mol. The van der Waals surface area contributed by atoms with E-state index in [9.17, 15) is 4.79 Å². The van der Waals surface area contributed by atoms with E-state index in [0.717, 1.165) is 43.1 Å². The maximum Gasteiger partial charge on any atom is 0.251 e. The summed E-state index contributed by atoms with van der Waals surface area (Å²) in [5.41, 5.74) is 4.56. The molecule has 7 heteroatoms. The zero-order valence-corrected chi connectivity index (χ0v) is 16.1. The Morgan fingerprint density at radius 1 is 1.38 bits per heavy atom. The summed E-state index contributed by atoms with van der Waals surface area (Å²) in [5.74, 6) is 0.729. The first-order valence-electron chi connectivity index (χ1n) is 8.87. The molecule has 0 unspecified atom stereocenters. The van der Waals surface area contributed by atoms with Crippen LogP contribution in [0.25, 0.3) is 0 Å². The van der Waals surface area contributed by atoms with Gasteiger partial charge >= 0.3 is 0 Å². The number of amides is 1. The van der Waals surface area contributed by atoms with Crippen LogP contribution in [0.5, 0.6) is 5.75 Å². The van der Waals surface area contributed by atoms with Gasteiger partial charge in [0.05, 0.1) is 37.2 Å². The van der Waals surface area contributed by atoms with Gasteiger partial charge in [-0.2, -0.15) is 0 Å². The van der Waals surface area contributed by atoms with E-state index < -0.39 is 0 Å². The van der Waals surface area contributed by atoms with Gasteiger partial charge in [-0.25, -0.2) is 4.98 Å². The number of thiazole rings is 1. The second-order valence-electron chi connectivity index (χ2n) is 6.21. The number of nitrogens with one attached hydrogen (secondary N) is 1. The van der Waals surface area contributed by atoms with Crippen molar-refractivity contribution in [3.8, 4) is 5.75 Å². The van der Waals surface area contributed by atoms with Crippen LogP contribution in [-0.2, 0) is 11.2 Å². The molecule has 3 rings (SSSR count). The third-order valence-electron chi connectivity index (χ3n) is 4.50. The Morgan fingerprint density at radius 3 is 2.88 bits per heavy atom. The van der Waals surface area contributed by atoms with Crippen molar-refractivity contribution in [3.05, 3.63) is 39.8 Å². The highest BCUT2D eigenvalue weighted by Crippen LogP contribution is 2.30. The number of carbonyl (C=O) groups excluding carboxylic acids is 1. The molecule has 0 aliphatic carbocycles. The third-order valence-corrected chi connectivity index (χ3v) is 5.50. The Kier molecular flexibility index (Phi) is 6.46. The van der Waals surface area contributed by atoms with E-state index in [1.165, 1.54) is 4.88 Å². The molecule has 2 heterocycles. The molecule has 0 radical (unpaired) electrons. The summed E-state index contributed by atoms with van der Waals surface area (Å²) in [5, 5.41) is 3.01. The molecule has 26 heavy (non-hydrogen) atoms. The zero-order chi connectivity index (χ0) is 18.4. The fourth-order valence-corrected chi connectivity index (χ4v) is 3.83. The van der Waals surface area contributed by atoms with E-state index in [-0.39, 0.29) is 5.91 Å². The molecule has 1 aliphatic rings. The summed E-state index contributed by atoms with van der Waals surface area (Å²) in [6, 6.07) is 5.58. The maximum absolute atomic E-state index is 12.5. The van der Waals surface area contributed by atoms with Crippen molar-refractivity contribution in [2.75, 3.05) is 44.9 Å². The molecule has 1 aromatic carbocycles. The summed E-state index contributed by atoms with van der Waals surface area (Å²) in [7, 11) is 1.65. The molecule has 1 amide bonds. The molecule has 1 fully saturated rings. The highest BCUT2D eigenvalue weighted by atomic mass is 32.1. The van der Waals surface area contributed by atoms with Crippen LogP contribution in [0.1, 0.15) is 27.3 Å². The average Bonchev–Trinajstić information content (AvgIpc) is 3.10. The van der Waals surface area contributed by atoms with E-state index in [2.05, 4.69) is 15.2 Å². The summed E-state index contributed by atoms with van der Waals surface area (Å²) >= 11 is 1.67. The summed E-state index contributed by atoms with van der Waals surface area (Å²) in [6.45, 7) is 5.66. The van der Waals surface area contributed by atoms with Crippen molar-refractivity contribution < 1.29 is 14.3 Å². The number of anilines is 1. The minimum atomic E-state index is -0.0526. The maximum atomic E-state index is 12.5. The van der Waals surface area contributed by atoms with Crippen molar-refractivity contribution in [1.29, 1.82) is 0 Å². The Morgan fingerprint density at radius 2 is 2.19 bits per heavy atom. The molecule has 0 atom stereocenters. The molecule has 1 aliphatic heterocycles. The first-order valence-corrected chi connectivity index (χ1v) is 9.75. The van der Waals surface area contributed by atoms with Gasteiger partial charge < -0.3 is 19.7 Å². The van der Waals surface area contributed by atoms with E-state index in [1.807, 2.05) is 30.6 Å². The molecular formula is C19H25N3O3S. The van der Waals surface area contributed by atoms with Crippen LogP contribution in [0.2, 0.25) is 0 Å². The third kappa shape index (κ3) is 4.53. The highest BCUT2D eigenvalue weighted by Gasteiger charge is 2.17. The van der Waals surface area contributed by atoms with Gasteiger partial charge in [0.15, 0.2) is 0 Å². The topological polar surface area (TPSA) is 63.7 Å². The van der Waals surface area contributed by atoms with Crippen LogP contribution >= 0.6 is 11.3 Å². The number of rotatable bonds is 7. The van der Waals surface area contributed by atoms with Crippen LogP contribution in [0, 0.1) is 6.92 Å². The summed E-state index contributed by atoms with van der Waals surface area (Å²) in [4.78, 5) is 20.2. The van der Waals surface area contributed by atoms with Gasteiger partial charge in [-0.3, -0.25) is 4.79 Å². The molecule has 1 N–H and O–H groups in total. The van der Waals surface area contributed by atoms with E-state index >= 15 is 0 Å². The van der Waals surface area contributed by atoms with E-state index in [0.29, 0.717) is 25.3 Å². The smallest absolute Gasteiger partial charge is 0.251 e. The Balaban J connectivity index is 1.59. The Bertz CT molecular complexity index is 741. The predicted octanol–water partition coefficient (Wildman–Crippen LogP) is 2.66. The molecule has 1 saturated heterocycles. The second kappa shape index (κ2) is 9.00. The van der Waals surface area contributed by atoms with Crippen LogP contribution in [0.3, 0.4) is 0 Å². The van der Waals surface area contributed by atoms with E-state index in [4.69, 9.17) is 9.47 Å². The fourth-order valence-electron chi connectivity index (χ4n) is 3.00. The van der Waals surface area contributed by atoms with Gasteiger partial charge in [-0.1, -0.05) is 0 Å². The number of morpholine rings is 1. The lowest BCUT2D eigenvalue weighted by molar-refractivity contribution is 0.0953. The van der Waals surface area contributed by atoms with Gasteiger partial charge in [-0.05, 0) is 38.0 Å². The van der Waals surface area contributed by atoms with Gasteiger partial charge in [-0.15, -0.1) is 11.3 Å². The van der Waals surface area contributed by atoms with Crippen molar-refractivity contribution in [2.45, 2.75) is 19.8 Å². The van der Waals surface area contributed by atoms with Crippen LogP contribution in [0.15, 0.2) is 23.7 Å². The summed E-state index contributed by atoms with van der Waals surface area (Å²) in [6.07, 6.45) is 1.85. The number of aryl methyl sites for hydroxylation is 2. The lowest BCUT2D eigenvalue weighted by atomic mass is 10.1. The quantitative estimate of drug-likeness (QED) is 0.754. The SMILES string of the molecule is COc1ccc(C(=O)NCCCc2scnc2C)cc1N1CCOCC1. The summed E-state index contributed by atoms with van der Waals surface area (Å²) < 4.78 is 10.9. The van der Waals surface area contributed by atoms with Gasteiger partial charge in [0.25, 0.3) is 5.91 Å². The monoisotopic (exact) mass is 375 g/mol. The Hall–Kier alpha value is -2.12. The van der Waals surface area contributed by atoms with Crippen LogP contribution < -0.4 is 15.0 Å². The lowest BCUT2D eigenvalue weighted by Crippen LogP contribution is -2.36. The van der Waals surface area contributed by atoms with Crippen molar-refractivity contribution >= 4 is 22.9 Å². The number of hydrogen-bond acceptors (Lipinski definition) is 6. The molecule has 0 saturated carbocycles.